The average Bonchev–Trinajstić information content (AvgIpc) is 2.94. The Morgan fingerprint density at radius 2 is 2.25 bits per heavy atom. The predicted molar refractivity (Wildman–Crippen MR) is 74.4 cm³/mol. The normalized spacial score (nSPS) is 22.2. The van der Waals surface area contributed by atoms with Crippen LogP contribution in [0.15, 0.2) is 36.5 Å². The van der Waals surface area contributed by atoms with Crippen molar-refractivity contribution in [2.75, 3.05) is 6.54 Å². The molecule has 20 heavy (non-hydrogen) atoms. The third-order valence-electron chi connectivity index (χ3n) is 3.58. The first-order valence-corrected chi connectivity index (χ1v) is 6.64. The maximum atomic E-state index is 10.9. The number of aromatic nitrogens is 1. The molecule has 5 heteroatoms. The Morgan fingerprint density at radius 3 is 3.05 bits per heavy atom. The molecule has 1 fully saturated rings. The molecule has 1 saturated heterocycles. The van der Waals surface area contributed by atoms with E-state index in [1.165, 1.54) is 0 Å². The topological polar surface area (TPSA) is 71.5 Å². The van der Waals surface area contributed by atoms with Crippen LogP contribution in [-0.2, 0) is 16.1 Å². The van der Waals surface area contributed by atoms with Gasteiger partial charge in [0.05, 0.1) is 18.2 Å². The quantitative estimate of drug-likeness (QED) is 0.884. The van der Waals surface area contributed by atoms with Crippen LogP contribution in [0.3, 0.4) is 0 Å². The minimum atomic E-state index is -0.817. The van der Waals surface area contributed by atoms with E-state index in [-0.39, 0.29) is 6.10 Å². The van der Waals surface area contributed by atoms with Crippen molar-refractivity contribution in [2.45, 2.75) is 25.2 Å². The Bertz CT molecular complexity index is 624. The van der Waals surface area contributed by atoms with Gasteiger partial charge in [-0.2, -0.15) is 0 Å². The summed E-state index contributed by atoms with van der Waals surface area (Å²) in [6.45, 7) is 1.03. The summed E-state index contributed by atoms with van der Waals surface area (Å²) in [5.41, 5.74) is 1.97. The first kappa shape index (κ1) is 13.0. The molecule has 1 aromatic carbocycles. The van der Waals surface area contributed by atoms with E-state index in [1.54, 1.807) is 6.20 Å². The first-order valence-electron chi connectivity index (χ1n) is 6.64. The van der Waals surface area contributed by atoms with Crippen LogP contribution in [0, 0.1) is 0 Å². The molecular weight excluding hydrogens is 256 g/mol. The standard InChI is InChI=1S/C15H16N2O3/c18-15(19)13-7-12(8-17-13)20-9-11-4-1-3-10-5-2-6-16-14(10)11/h1-6,12-13,17H,7-9H2,(H,18,19)/t12-,13+/m1/s1. The summed E-state index contributed by atoms with van der Waals surface area (Å²) in [5, 5.41) is 13.0. The molecule has 0 saturated carbocycles. The number of para-hydroxylation sites is 1. The van der Waals surface area contributed by atoms with Gasteiger partial charge in [0.2, 0.25) is 0 Å². The van der Waals surface area contributed by atoms with Crippen LogP contribution in [-0.4, -0.2) is 34.8 Å². The van der Waals surface area contributed by atoms with Gasteiger partial charge in [-0.3, -0.25) is 9.78 Å². The van der Waals surface area contributed by atoms with Crippen LogP contribution < -0.4 is 5.32 Å². The highest BCUT2D eigenvalue weighted by atomic mass is 16.5. The molecule has 2 N–H and O–H groups in total. The van der Waals surface area contributed by atoms with E-state index in [0.717, 1.165) is 16.5 Å². The minimum Gasteiger partial charge on any atom is -0.480 e. The Balaban J connectivity index is 1.67. The molecule has 2 atom stereocenters. The molecule has 0 amide bonds. The van der Waals surface area contributed by atoms with Gasteiger partial charge in [0, 0.05) is 30.1 Å². The number of fused-ring (bicyclic) bond motifs is 1. The molecule has 2 aromatic rings. The van der Waals surface area contributed by atoms with Crippen molar-refractivity contribution in [3.63, 3.8) is 0 Å². The number of benzene rings is 1. The van der Waals surface area contributed by atoms with Gasteiger partial charge in [-0.25, -0.2) is 0 Å². The van der Waals surface area contributed by atoms with E-state index in [0.29, 0.717) is 19.6 Å². The summed E-state index contributed by atoms with van der Waals surface area (Å²) in [7, 11) is 0. The molecule has 1 aromatic heterocycles. The van der Waals surface area contributed by atoms with Crippen LogP contribution in [0.2, 0.25) is 0 Å². The molecular formula is C15H16N2O3. The molecule has 0 radical (unpaired) electrons. The van der Waals surface area contributed by atoms with Gasteiger partial charge in [-0.05, 0) is 6.07 Å². The lowest BCUT2D eigenvalue weighted by Gasteiger charge is -2.11. The second-order valence-corrected chi connectivity index (χ2v) is 4.96. The van der Waals surface area contributed by atoms with Crippen LogP contribution in [0.25, 0.3) is 10.9 Å². The Hall–Kier alpha value is -1.98. The van der Waals surface area contributed by atoms with Crippen molar-refractivity contribution >= 4 is 16.9 Å². The number of rotatable bonds is 4. The smallest absolute Gasteiger partial charge is 0.320 e. The highest BCUT2D eigenvalue weighted by Crippen LogP contribution is 2.19. The average molecular weight is 272 g/mol. The molecule has 5 nitrogen and oxygen atoms in total. The van der Waals surface area contributed by atoms with Gasteiger partial charge < -0.3 is 15.2 Å². The van der Waals surface area contributed by atoms with E-state index in [9.17, 15) is 4.79 Å². The summed E-state index contributed by atoms with van der Waals surface area (Å²) in [4.78, 5) is 15.2. The molecule has 2 heterocycles. The number of nitrogens with zero attached hydrogens (tertiary/aromatic N) is 1. The number of aliphatic carboxylic acids is 1. The zero-order valence-electron chi connectivity index (χ0n) is 11.0. The lowest BCUT2D eigenvalue weighted by molar-refractivity contribution is -0.139. The monoisotopic (exact) mass is 272 g/mol. The van der Waals surface area contributed by atoms with Gasteiger partial charge in [-0.15, -0.1) is 0 Å². The van der Waals surface area contributed by atoms with Crippen molar-refractivity contribution in [2.24, 2.45) is 0 Å². The molecule has 0 unspecified atom stereocenters. The third-order valence-corrected chi connectivity index (χ3v) is 3.58. The van der Waals surface area contributed by atoms with Crippen molar-refractivity contribution in [1.82, 2.24) is 10.3 Å². The summed E-state index contributed by atoms with van der Waals surface area (Å²) in [6.07, 6.45) is 2.21. The number of ether oxygens (including phenoxy) is 1. The van der Waals surface area contributed by atoms with E-state index in [1.807, 2.05) is 30.3 Å². The SMILES string of the molecule is O=C(O)[C@@H]1C[C@@H](OCc2cccc3cccnc23)CN1. The van der Waals surface area contributed by atoms with E-state index in [2.05, 4.69) is 10.3 Å². The van der Waals surface area contributed by atoms with E-state index >= 15 is 0 Å². The van der Waals surface area contributed by atoms with Gasteiger partial charge >= 0.3 is 5.97 Å². The third kappa shape index (κ3) is 2.64. The first-order chi connectivity index (χ1) is 9.74. The van der Waals surface area contributed by atoms with Crippen LogP contribution in [0.5, 0.6) is 0 Å². The largest absolute Gasteiger partial charge is 0.480 e. The second kappa shape index (κ2) is 5.56. The number of carbonyl (C=O) groups is 1. The van der Waals surface area contributed by atoms with Crippen molar-refractivity contribution in [1.29, 1.82) is 0 Å². The number of carboxylic acid groups (broad SMARTS) is 1. The second-order valence-electron chi connectivity index (χ2n) is 4.96. The lowest BCUT2D eigenvalue weighted by atomic mass is 10.1. The highest BCUT2D eigenvalue weighted by Gasteiger charge is 2.29. The van der Waals surface area contributed by atoms with Crippen LogP contribution >= 0.6 is 0 Å². The number of hydrogen-bond acceptors (Lipinski definition) is 4. The summed E-state index contributed by atoms with van der Waals surface area (Å²) in [6, 6.07) is 9.42. The minimum absolute atomic E-state index is 0.0601. The Labute approximate surface area is 116 Å². The number of pyridine rings is 1. The van der Waals surface area contributed by atoms with Gasteiger partial charge in [0.1, 0.15) is 6.04 Å². The van der Waals surface area contributed by atoms with E-state index < -0.39 is 12.0 Å². The molecule has 1 aliphatic rings. The number of hydrogen-bond donors (Lipinski definition) is 2. The Morgan fingerprint density at radius 1 is 1.40 bits per heavy atom. The summed E-state index contributed by atoms with van der Waals surface area (Å²) >= 11 is 0. The fourth-order valence-electron chi connectivity index (χ4n) is 2.51. The van der Waals surface area contributed by atoms with Gasteiger partial charge in [0.15, 0.2) is 0 Å². The molecule has 1 aliphatic heterocycles. The summed E-state index contributed by atoms with van der Waals surface area (Å²) < 4.78 is 5.81. The fourth-order valence-corrected chi connectivity index (χ4v) is 2.51. The molecule has 0 spiro atoms. The maximum Gasteiger partial charge on any atom is 0.320 e. The predicted octanol–water partition coefficient (Wildman–Crippen LogP) is 1.57. The van der Waals surface area contributed by atoms with Crippen LogP contribution in [0.1, 0.15) is 12.0 Å². The highest BCUT2D eigenvalue weighted by molar-refractivity contribution is 5.81. The fraction of sp³-hybridized carbons (Fsp3) is 0.333. The zero-order valence-corrected chi connectivity index (χ0v) is 11.0. The van der Waals surface area contributed by atoms with Crippen molar-refractivity contribution in [3.05, 3.63) is 42.1 Å². The van der Waals surface area contributed by atoms with Crippen molar-refractivity contribution in [3.8, 4) is 0 Å². The summed E-state index contributed by atoms with van der Waals surface area (Å²) in [5.74, 6) is -0.817. The number of nitrogens with one attached hydrogen (secondary N) is 1. The zero-order chi connectivity index (χ0) is 13.9. The van der Waals surface area contributed by atoms with Gasteiger partial charge in [0.25, 0.3) is 0 Å². The maximum absolute atomic E-state index is 10.9. The molecule has 0 bridgehead atoms. The number of carboxylic acids is 1. The lowest BCUT2D eigenvalue weighted by Crippen LogP contribution is -2.29. The molecule has 0 aliphatic carbocycles. The van der Waals surface area contributed by atoms with Crippen LogP contribution in [0.4, 0.5) is 0 Å². The molecule has 3 rings (SSSR count). The Kier molecular flexibility index (Phi) is 3.62. The van der Waals surface area contributed by atoms with E-state index in [4.69, 9.17) is 9.84 Å². The van der Waals surface area contributed by atoms with Crippen molar-refractivity contribution < 1.29 is 14.6 Å². The molecule has 104 valence electrons. The van der Waals surface area contributed by atoms with Gasteiger partial charge in [-0.1, -0.05) is 24.3 Å².